The fourth-order valence-corrected chi connectivity index (χ4v) is 7.20. The van der Waals surface area contributed by atoms with Crippen molar-refractivity contribution in [3.63, 3.8) is 0 Å². The van der Waals surface area contributed by atoms with E-state index in [4.69, 9.17) is 0 Å². The molecule has 1 aromatic carbocycles. The van der Waals surface area contributed by atoms with Gasteiger partial charge >= 0.3 is 0 Å². The molecule has 30 heavy (non-hydrogen) atoms. The molecule has 0 radical (unpaired) electrons. The van der Waals surface area contributed by atoms with E-state index < -0.39 is 9.84 Å². The Kier molecular flexibility index (Phi) is 6.01. The van der Waals surface area contributed by atoms with Crippen molar-refractivity contribution < 1.29 is 18.0 Å². The van der Waals surface area contributed by atoms with Gasteiger partial charge in [-0.3, -0.25) is 9.59 Å². The Morgan fingerprint density at radius 2 is 1.80 bits per heavy atom. The van der Waals surface area contributed by atoms with Crippen LogP contribution in [0.25, 0.3) is 0 Å². The van der Waals surface area contributed by atoms with Crippen LogP contribution in [0.4, 0.5) is 5.69 Å². The summed E-state index contributed by atoms with van der Waals surface area (Å²) in [6.45, 7) is 6.25. The van der Waals surface area contributed by atoms with Crippen LogP contribution >= 0.6 is 15.9 Å². The minimum Gasteiger partial charge on any atom is -0.342 e. The van der Waals surface area contributed by atoms with Crippen LogP contribution in [-0.4, -0.2) is 50.5 Å². The van der Waals surface area contributed by atoms with Crippen molar-refractivity contribution in [1.82, 2.24) is 4.90 Å². The van der Waals surface area contributed by atoms with Gasteiger partial charge in [0.25, 0.3) is 0 Å². The van der Waals surface area contributed by atoms with Crippen molar-refractivity contribution in [1.29, 1.82) is 0 Å². The number of amides is 2. The van der Waals surface area contributed by atoms with Crippen LogP contribution in [0.1, 0.15) is 45.1 Å². The molecule has 1 saturated heterocycles. The van der Waals surface area contributed by atoms with E-state index in [0.717, 1.165) is 31.2 Å². The lowest BCUT2D eigenvalue weighted by Gasteiger charge is -2.35. The largest absolute Gasteiger partial charge is 0.342 e. The second kappa shape index (κ2) is 8.26. The summed E-state index contributed by atoms with van der Waals surface area (Å²) >= 11 is 3.41. The van der Waals surface area contributed by atoms with E-state index in [1.165, 1.54) is 0 Å². The molecular formula is C22H29BrN2O4S. The molecule has 2 atom stereocenters. The van der Waals surface area contributed by atoms with Gasteiger partial charge in [0.15, 0.2) is 9.84 Å². The van der Waals surface area contributed by atoms with E-state index in [-0.39, 0.29) is 34.8 Å². The summed E-state index contributed by atoms with van der Waals surface area (Å²) in [5.41, 5.74) is 1.70. The smallest absolute Gasteiger partial charge is 0.230 e. The number of anilines is 1. The Balaban J connectivity index is 1.49. The molecule has 2 aliphatic heterocycles. The highest BCUT2D eigenvalue weighted by molar-refractivity contribution is 9.10. The van der Waals surface area contributed by atoms with Gasteiger partial charge < -0.3 is 9.80 Å². The number of benzene rings is 1. The summed E-state index contributed by atoms with van der Waals surface area (Å²) in [7, 11) is -3.66. The topological polar surface area (TPSA) is 74.8 Å². The van der Waals surface area contributed by atoms with E-state index in [1.54, 1.807) is 11.0 Å². The molecule has 0 spiro atoms. The van der Waals surface area contributed by atoms with Crippen molar-refractivity contribution in [2.24, 2.45) is 17.8 Å². The number of hydrogen-bond donors (Lipinski definition) is 0. The van der Waals surface area contributed by atoms with Crippen LogP contribution in [0, 0.1) is 17.8 Å². The third-order valence-electron chi connectivity index (χ3n) is 6.36. The molecular weight excluding hydrogens is 468 g/mol. The molecule has 1 saturated carbocycles. The lowest BCUT2D eigenvalue weighted by atomic mass is 9.92. The van der Waals surface area contributed by atoms with Gasteiger partial charge in [0.2, 0.25) is 11.8 Å². The second-order valence-electron chi connectivity index (χ2n) is 9.24. The summed E-state index contributed by atoms with van der Waals surface area (Å²) in [6.07, 6.45) is 3.65. The lowest BCUT2D eigenvalue weighted by Crippen LogP contribution is -2.43. The number of fused-ring (bicyclic) bond motifs is 1. The second-order valence-corrected chi connectivity index (χ2v) is 12.2. The standard InChI is InChI=1S/C22H29BrN2O4S/c1-14-9-15(2)13-24(12-14)21(26)6-8-30(28,29)20-11-19-17(10-18(20)23)5-7-25(19)22(27)16-3-4-16/h10-11,14-16H,3-9,12-13H2,1-2H3/t14-,15-/m1/s1. The number of rotatable bonds is 5. The number of carbonyl (C=O) groups is 2. The lowest BCUT2D eigenvalue weighted by molar-refractivity contribution is -0.133. The number of hydrogen-bond acceptors (Lipinski definition) is 4. The van der Waals surface area contributed by atoms with Crippen LogP contribution in [0.3, 0.4) is 0 Å². The quantitative estimate of drug-likeness (QED) is 0.625. The molecule has 2 heterocycles. The molecule has 0 unspecified atom stereocenters. The van der Waals surface area contributed by atoms with Gasteiger partial charge in [0.05, 0.1) is 10.6 Å². The van der Waals surface area contributed by atoms with Crippen molar-refractivity contribution in [3.05, 3.63) is 22.2 Å². The molecule has 0 bridgehead atoms. The predicted molar refractivity (Wildman–Crippen MR) is 119 cm³/mol. The van der Waals surface area contributed by atoms with Gasteiger partial charge in [-0.25, -0.2) is 8.42 Å². The molecule has 8 heteroatoms. The first-order valence-corrected chi connectivity index (χ1v) is 13.2. The van der Waals surface area contributed by atoms with Gasteiger partial charge in [0.1, 0.15) is 0 Å². The zero-order valence-corrected chi connectivity index (χ0v) is 20.0. The summed E-state index contributed by atoms with van der Waals surface area (Å²) in [5, 5.41) is 0. The number of sulfone groups is 1. The zero-order chi connectivity index (χ0) is 21.6. The van der Waals surface area contributed by atoms with Crippen LogP contribution in [0.15, 0.2) is 21.5 Å². The maximum atomic E-state index is 13.1. The molecule has 1 aromatic rings. The van der Waals surface area contributed by atoms with Gasteiger partial charge in [0, 0.05) is 42.1 Å². The molecule has 4 rings (SSSR count). The Morgan fingerprint density at radius 3 is 2.43 bits per heavy atom. The number of likely N-dealkylation sites (tertiary alicyclic amines) is 1. The van der Waals surface area contributed by atoms with Crippen molar-refractivity contribution in [2.45, 2.75) is 50.8 Å². The molecule has 3 aliphatic rings. The average Bonchev–Trinajstić information content (AvgIpc) is 3.44. The molecule has 0 N–H and O–H groups in total. The van der Waals surface area contributed by atoms with E-state index in [1.807, 2.05) is 11.0 Å². The summed E-state index contributed by atoms with van der Waals surface area (Å²) < 4.78 is 26.7. The third-order valence-corrected chi connectivity index (χ3v) is 9.03. The van der Waals surface area contributed by atoms with Crippen molar-refractivity contribution in [2.75, 3.05) is 30.3 Å². The van der Waals surface area contributed by atoms with E-state index >= 15 is 0 Å². The van der Waals surface area contributed by atoms with Crippen LogP contribution in [0.2, 0.25) is 0 Å². The monoisotopic (exact) mass is 496 g/mol. The third kappa shape index (κ3) is 4.44. The van der Waals surface area contributed by atoms with E-state index in [0.29, 0.717) is 41.6 Å². The molecule has 0 aromatic heterocycles. The maximum Gasteiger partial charge on any atom is 0.230 e. The first kappa shape index (κ1) is 21.8. The van der Waals surface area contributed by atoms with Crippen molar-refractivity contribution >= 4 is 43.3 Å². The molecule has 1 aliphatic carbocycles. The SMILES string of the molecule is C[C@@H]1C[C@@H](C)CN(C(=O)CCS(=O)(=O)c2cc3c(cc2Br)CCN3C(=O)C2CC2)C1. The van der Waals surface area contributed by atoms with Gasteiger partial charge in [-0.05, 0) is 71.1 Å². The minimum atomic E-state index is -3.66. The Bertz CT molecular complexity index is 964. The average molecular weight is 497 g/mol. The first-order chi connectivity index (χ1) is 14.2. The van der Waals surface area contributed by atoms with Crippen LogP contribution in [0.5, 0.6) is 0 Å². The fraction of sp³-hybridized carbons (Fsp3) is 0.636. The Hall–Kier alpha value is -1.41. The number of piperidine rings is 1. The Labute approximate surface area is 187 Å². The van der Waals surface area contributed by atoms with Crippen molar-refractivity contribution in [3.8, 4) is 0 Å². The highest BCUT2D eigenvalue weighted by atomic mass is 79.9. The number of nitrogens with zero attached hydrogens (tertiary/aromatic N) is 2. The predicted octanol–water partition coefficient (Wildman–Crippen LogP) is 3.42. The van der Waals surface area contributed by atoms with Crippen LogP contribution in [-0.2, 0) is 25.8 Å². The zero-order valence-electron chi connectivity index (χ0n) is 17.6. The van der Waals surface area contributed by atoms with Crippen LogP contribution < -0.4 is 4.90 Å². The highest BCUT2D eigenvalue weighted by Gasteiger charge is 2.37. The molecule has 164 valence electrons. The molecule has 2 fully saturated rings. The van der Waals surface area contributed by atoms with Gasteiger partial charge in [-0.1, -0.05) is 13.8 Å². The molecule has 6 nitrogen and oxygen atoms in total. The number of carbonyl (C=O) groups excluding carboxylic acids is 2. The number of halogens is 1. The van der Waals surface area contributed by atoms with Gasteiger partial charge in [-0.15, -0.1) is 0 Å². The summed E-state index contributed by atoms with van der Waals surface area (Å²) in [5.74, 6) is 0.749. The van der Waals surface area contributed by atoms with Gasteiger partial charge in [-0.2, -0.15) is 0 Å². The van der Waals surface area contributed by atoms with E-state index in [2.05, 4.69) is 29.8 Å². The first-order valence-electron chi connectivity index (χ1n) is 10.8. The Morgan fingerprint density at radius 1 is 1.13 bits per heavy atom. The summed E-state index contributed by atoms with van der Waals surface area (Å²) in [6, 6.07) is 3.44. The fourth-order valence-electron chi connectivity index (χ4n) is 4.76. The normalized spacial score (nSPS) is 24.1. The minimum absolute atomic E-state index is 0.0178. The highest BCUT2D eigenvalue weighted by Crippen LogP contribution is 2.39. The molecule has 2 amide bonds. The van der Waals surface area contributed by atoms with E-state index in [9.17, 15) is 18.0 Å². The summed E-state index contributed by atoms with van der Waals surface area (Å²) in [4.78, 5) is 28.9. The maximum absolute atomic E-state index is 13.1.